The zero-order chi connectivity index (χ0) is 26.0. The standard InChI is InChI=1S/C28H30BrNO6/c1-4-36-23-15-19(12-20(29)27(23)32)25-24(28(33)34)16(2)30(10-11-35-3)21-13-18(14-22(31)26(21)25)17-8-6-5-7-9-17/h5-9,12,15,18,25,32H,4,10-11,13-14H2,1-3H3,(H,33,34). The van der Waals surface area contributed by atoms with Crippen LogP contribution < -0.4 is 4.74 Å². The molecule has 0 saturated heterocycles. The van der Waals surface area contributed by atoms with Crippen LogP contribution in [0.2, 0.25) is 0 Å². The number of allylic oxidation sites excluding steroid dienone is 3. The summed E-state index contributed by atoms with van der Waals surface area (Å²) in [6, 6.07) is 13.2. The van der Waals surface area contributed by atoms with Crippen molar-refractivity contribution in [1.82, 2.24) is 4.90 Å². The van der Waals surface area contributed by atoms with E-state index in [-0.39, 0.29) is 28.8 Å². The Bertz CT molecular complexity index is 1240. The maximum Gasteiger partial charge on any atom is 0.334 e. The predicted octanol–water partition coefficient (Wildman–Crippen LogP) is 5.36. The van der Waals surface area contributed by atoms with Gasteiger partial charge in [-0.05, 0) is 65.4 Å². The third-order valence-corrected chi connectivity index (χ3v) is 7.49. The number of carbonyl (C=O) groups is 2. The summed E-state index contributed by atoms with van der Waals surface area (Å²) in [5.74, 6) is -1.80. The molecule has 1 aliphatic heterocycles. The van der Waals surface area contributed by atoms with Gasteiger partial charge in [-0.15, -0.1) is 0 Å². The van der Waals surface area contributed by atoms with Crippen LogP contribution in [0, 0.1) is 0 Å². The number of nitrogens with zero attached hydrogens (tertiary/aromatic N) is 1. The molecule has 4 rings (SSSR count). The molecule has 0 amide bonds. The van der Waals surface area contributed by atoms with Gasteiger partial charge >= 0.3 is 5.97 Å². The van der Waals surface area contributed by atoms with Gasteiger partial charge in [-0.1, -0.05) is 30.3 Å². The lowest BCUT2D eigenvalue weighted by molar-refractivity contribution is -0.133. The molecule has 2 aromatic carbocycles. The molecule has 7 nitrogen and oxygen atoms in total. The quantitative estimate of drug-likeness (QED) is 0.452. The molecule has 2 atom stereocenters. The molecular formula is C28H30BrNO6. The molecule has 0 bridgehead atoms. The number of ether oxygens (including phenoxy) is 2. The van der Waals surface area contributed by atoms with E-state index in [0.29, 0.717) is 53.9 Å². The van der Waals surface area contributed by atoms with E-state index in [1.807, 2.05) is 35.2 Å². The summed E-state index contributed by atoms with van der Waals surface area (Å²) in [6.45, 7) is 4.73. The summed E-state index contributed by atoms with van der Waals surface area (Å²) in [7, 11) is 1.60. The molecule has 8 heteroatoms. The van der Waals surface area contributed by atoms with Crippen molar-refractivity contribution in [3.05, 3.63) is 80.6 Å². The van der Waals surface area contributed by atoms with E-state index >= 15 is 0 Å². The molecule has 0 spiro atoms. The number of hydrogen-bond acceptors (Lipinski definition) is 6. The molecule has 190 valence electrons. The number of Topliss-reactive ketones (excluding diaryl/α,β-unsaturated/α-hetero) is 1. The summed E-state index contributed by atoms with van der Waals surface area (Å²) in [4.78, 5) is 28.4. The summed E-state index contributed by atoms with van der Waals surface area (Å²) in [5, 5.41) is 20.8. The Kier molecular flexibility index (Phi) is 7.85. The van der Waals surface area contributed by atoms with E-state index in [2.05, 4.69) is 15.9 Å². The fraction of sp³-hybridized carbons (Fsp3) is 0.357. The second kappa shape index (κ2) is 10.9. The summed E-state index contributed by atoms with van der Waals surface area (Å²) in [5.41, 5.74) is 3.68. The smallest absolute Gasteiger partial charge is 0.334 e. The van der Waals surface area contributed by atoms with Crippen molar-refractivity contribution in [1.29, 1.82) is 0 Å². The predicted molar refractivity (Wildman–Crippen MR) is 139 cm³/mol. The molecule has 0 radical (unpaired) electrons. The monoisotopic (exact) mass is 555 g/mol. The number of methoxy groups -OCH3 is 1. The number of carbonyl (C=O) groups excluding carboxylic acids is 1. The number of aromatic hydroxyl groups is 1. The molecule has 2 N–H and O–H groups in total. The number of hydrogen-bond donors (Lipinski definition) is 2. The van der Waals surface area contributed by atoms with Crippen LogP contribution in [0.4, 0.5) is 0 Å². The summed E-state index contributed by atoms with van der Waals surface area (Å²) >= 11 is 3.37. The van der Waals surface area contributed by atoms with Gasteiger partial charge in [0.05, 0.1) is 23.3 Å². The van der Waals surface area contributed by atoms with Crippen LogP contribution in [-0.2, 0) is 14.3 Å². The van der Waals surface area contributed by atoms with Gasteiger partial charge in [0.25, 0.3) is 0 Å². The zero-order valence-electron chi connectivity index (χ0n) is 20.6. The highest BCUT2D eigenvalue weighted by molar-refractivity contribution is 9.10. The highest BCUT2D eigenvalue weighted by Gasteiger charge is 2.44. The lowest BCUT2D eigenvalue weighted by atomic mass is 9.71. The first-order chi connectivity index (χ1) is 17.3. The maximum atomic E-state index is 13.8. The van der Waals surface area contributed by atoms with Crippen LogP contribution in [0.3, 0.4) is 0 Å². The van der Waals surface area contributed by atoms with Crippen molar-refractivity contribution in [2.45, 2.75) is 38.5 Å². The lowest BCUT2D eigenvalue weighted by Crippen LogP contribution is -2.39. The molecule has 1 heterocycles. The average Bonchev–Trinajstić information content (AvgIpc) is 2.85. The number of aliphatic carboxylic acids is 1. The highest BCUT2D eigenvalue weighted by Crippen LogP contribution is 2.50. The first-order valence-corrected chi connectivity index (χ1v) is 12.7. The van der Waals surface area contributed by atoms with Gasteiger partial charge in [-0.2, -0.15) is 0 Å². The fourth-order valence-electron chi connectivity index (χ4n) is 5.28. The fourth-order valence-corrected chi connectivity index (χ4v) is 5.74. The van der Waals surface area contributed by atoms with Crippen LogP contribution in [-0.4, -0.2) is 53.7 Å². The van der Waals surface area contributed by atoms with E-state index < -0.39 is 11.9 Å². The van der Waals surface area contributed by atoms with Gasteiger partial charge in [-0.3, -0.25) is 4.79 Å². The normalized spacial score (nSPS) is 20.0. The average molecular weight is 556 g/mol. The molecule has 0 fully saturated rings. The molecule has 2 unspecified atom stereocenters. The summed E-state index contributed by atoms with van der Waals surface area (Å²) in [6.07, 6.45) is 0.897. The second-order valence-corrected chi connectivity index (χ2v) is 9.82. The van der Waals surface area contributed by atoms with E-state index in [1.165, 1.54) is 0 Å². The number of carboxylic acid groups (broad SMARTS) is 1. The number of phenolic OH excluding ortho intramolecular Hbond substituents is 1. The molecule has 36 heavy (non-hydrogen) atoms. The van der Waals surface area contributed by atoms with Crippen LogP contribution in [0.15, 0.2) is 69.5 Å². The van der Waals surface area contributed by atoms with E-state index in [1.54, 1.807) is 33.1 Å². The SMILES string of the molecule is CCOc1cc(C2C(C(=O)O)=C(C)N(CCOC)C3=C2C(=O)CC(c2ccccc2)C3)cc(Br)c1O. The van der Waals surface area contributed by atoms with Gasteiger partial charge in [0.2, 0.25) is 0 Å². The van der Waals surface area contributed by atoms with Crippen molar-refractivity contribution in [3.8, 4) is 11.5 Å². The molecule has 2 aliphatic rings. The van der Waals surface area contributed by atoms with Crippen molar-refractivity contribution in [2.75, 3.05) is 26.9 Å². The second-order valence-electron chi connectivity index (χ2n) is 8.96. The highest BCUT2D eigenvalue weighted by atomic mass is 79.9. The number of phenols is 1. The number of ketones is 1. The van der Waals surface area contributed by atoms with Crippen molar-refractivity contribution in [2.24, 2.45) is 0 Å². The first-order valence-electron chi connectivity index (χ1n) is 11.9. The van der Waals surface area contributed by atoms with Crippen molar-refractivity contribution < 1.29 is 29.3 Å². The topological polar surface area (TPSA) is 96.3 Å². The Morgan fingerprint density at radius 2 is 1.89 bits per heavy atom. The number of rotatable bonds is 8. The van der Waals surface area contributed by atoms with Gasteiger partial charge < -0.3 is 24.6 Å². The van der Waals surface area contributed by atoms with E-state index in [4.69, 9.17) is 9.47 Å². The summed E-state index contributed by atoms with van der Waals surface area (Å²) < 4.78 is 11.3. The van der Waals surface area contributed by atoms with Crippen LogP contribution >= 0.6 is 15.9 Å². The van der Waals surface area contributed by atoms with Crippen LogP contribution in [0.1, 0.15) is 49.7 Å². The van der Waals surface area contributed by atoms with Crippen LogP contribution in [0.5, 0.6) is 11.5 Å². The van der Waals surface area contributed by atoms with Gasteiger partial charge in [0.15, 0.2) is 17.3 Å². The van der Waals surface area contributed by atoms with Gasteiger partial charge in [-0.25, -0.2) is 4.79 Å². The molecule has 0 saturated carbocycles. The molecule has 1 aliphatic carbocycles. The zero-order valence-corrected chi connectivity index (χ0v) is 22.2. The van der Waals surface area contributed by atoms with Crippen molar-refractivity contribution >= 4 is 27.7 Å². The van der Waals surface area contributed by atoms with E-state index in [9.17, 15) is 19.8 Å². The largest absolute Gasteiger partial charge is 0.503 e. The lowest BCUT2D eigenvalue weighted by Gasteiger charge is -2.42. The number of carboxylic acids is 1. The number of halogens is 1. The van der Waals surface area contributed by atoms with Crippen molar-refractivity contribution in [3.63, 3.8) is 0 Å². The van der Waals surface area contributed by atoms with Crippen LogP contribution in [0.25, 0.3) is 0 Å². The third-order valence-electron chi connectivity index (χ3n) is 6.89. The first kappa shape index (κ1) is 26.0. The minimum atomic E-state index is -1.09. The molecular weight excluding hydrogens is 526 g/mol. The maximum absolute atomic E-state index is 13.8. The van der Waals surface area contributed by atoms with Gasteiger partial charge in [0.1, 0.15) is 0 Å². The van der Waals surface area contributed by atoms with E-state index in [0.717, 1.165) is 11.3 Å². The minimum absolute atomic E-state index is 0.00661. The Morgan fingerprint density at radius 3 is 2.53 bits per heavy atom. The van der Waals surface area contributed by atoms with Gasteiger partial charge in [0, 0.05) is 43.0 Å². The third kappa shape index (κ3) is 4.80. The molecule has 0 aromatic heterocycles. The minimum Gasteiger partial charge on any atom is -0.503 e. The molecule has 2 aromatic rings. The Labute approximate surface area is 219 Å². The Morgan fingerprint density at radius 1 is 1.17 bits per heavy atom. The Balaban J connectivity index is 1.93. The Hall–Kier alpha value is -3.10. The number of benzene rings is 2.